The van der Waals surface area contributed by atoms with Gasteiger partial charge in [0.2, 0.25) is 5.91 Å². The maximum Gasteiger partial charge on any atom is 0.242 e. The van der Waals surface area contributed by atoms with Crippen LogP contribution < -0.4 is 0 Å². The van der Waals surface area contributed by atoms with Crippen LogP contribution in [0.1, 0.15) is 12.8 Å². The maximum atomic E-state index is 12.4. The molecule has 1 aromatic heterocycles. The molecule has 2 heterocycles. The van der Waals surface area contributed by atoms with E-state index in [1.807, 2.05) is 39.9 Å². The zero-order valence-electron chi connectivity index (χ0n) is 11.8. The first-order valence-electron chi connectivity index (χ1n) is 7.30. The van der Waals surface area contributed by atoms with Crippen LogP contribution in [0, 0.1) is 5.92 Å². The number of aliphatic hydroxyl groups excluding tert-OH is 1. The molecule has 5 heteroatoms. The summed E-state index contributed by atoms with van der Waals surface area (Å²) in [5.74, 6) is 0.323. The van der Waals surface area contributed by atoms with E-state index in [0.29, 0.717) is 18.1 Å². The Balaban J connectivity index is 1.75. The summed E-state index contributed by atoms with van der Waals surface area (Å²) in [6.45, 7) is 1.93. The molecule has 1 aliphatic heterocycles. The molecule has 1 aliphatic rings. The van der Waals surface area contributed by atoms with Crippen LogP contribution in [-0.4, -0.2) is 40.2 Å². The minimum atomic E-state index is 0.102. The molecule has 0 radical (unpaired) electrons. The first-order valence-corrected chi connectivity index (χ1v) is 7.68. The molecule has 1 fully saturated rings. The van der Waals surface area contributed by atoms with Crippen LogP contribution >= 0.6 is 11.6 Å². The monoisotopic (exact) mass is 306 g/mol. The number of piperidine rings is 1. The SMILES string of the molecule is O=C(Cn1ccc2ccc(Cl)cc21)N1CCCC(CO)C1. The van der Waals surface area contributed by atoms with Crippen molar-refractivity contribution in [1.29, 1.82) is 0 Å². The molecule has 3 rings (SSSR count). The van der Waals surface area contributed by atoms with E-state index < -0.39 is 0 Å². The number of carbonyl (C=O) groups is 1. The summed E-state index contributed by atoms with van der Waals surface area (Å²) in [5.41, 5.74) is 0.978. The Labute approximate surface area is 128 Å². The van der Waals surface area contributed by atoms with Crippen molar-refractivity contribution in [2.45, 2.75) is 19.4 Å². The van der Waals surface area contributed by atoms with Gasteiger partial charge in [-0.2, -0.15) is 0 Å². The third-order valence-corrected chi connectivity index (χ3v) is 4.41. The molecular weight excluding hydrogens is 288 g/mol. The molecule has 4 nitrogen and oxygen atoms in total. The number of likely N-dealkylation sites (tertiary alicyclic amines) is 1. The highest BCUT2D eigenvalue weighted by molar-refractivity contribution is 6.31. The van der Waals surface area contributed by atoms with E-state index in [0.717, 1.165) is 30.3 Å². The molecule has 21 heavy (non-hydrogen) atoms. The second kappa shape index (κ2) is 6.08. The van der Waals surface area contributed by atoms with E-state index in [2.05, 4.69) is 0 Å². The Morgan fingerprint density at radius 1 is 1.38 bits per heavy atom. The number of carbonyl (C=O) groups excluding carboxylic acids is 1. The van der Waals surface area contributed by atoms with E-state index in [-0.39, 0.29) is 18.4 Å². The zero-order chi connectivity index (χ0) is 14.8. The molecule has 1 amide bonds. The molecular formula is C16H19ClN2O2. The van der Waals surface area contributed by atoms with Gasteiger partial charge in [0, 0.05) is 36.4 Å². The lowest BCUT2D eigenvalue weighted by Gasteiger charge is -2.32. The summed E-state index contributed by atoms with van der Waals surface area (Å²) in [6, 6.07) is 7.69. The number of aromatic nitrogens is 1. The molecule has 0 spiro atoms. The molecule has 0 aliphatic carbocycles. The number of benzene rings is 1. The number of halogens is 1. The minimum absolute atomic E-state index is 0.102. The fourth-order valence-corrected chi connectivity index (χ4v) is 3.15. The molecule has 1 unspecified atom stereocenters. The summed E-state index contributed by atoms with van der Waals surface area (Å²) in [4.78, 5) is 14.3. The van der Waals surface area contributed by atoms with Crippen LogP contribution in [0.25, 0.3) is 10.9 Å². The minimum Gasteiger partial charge on any atom is -0.396 e. The molecule has 112 valence electrons. The summed E-state index contributed by atoms with van der Waals surface area (Å²) in [6.07, 6.45) is 3.89. The van der Waals surface area contributed by atoms with Crippen molar-refractivity contribution in [2.75, 3.05) is 19.7 Å². The van der Waals surface area contributed by atoms with Crippen molar-refractivity contribution in [1.82, 2.24) is 9.47 Å². The average Bonchev–Trinajstić information content (AvgIpc) is 2.89. The van der Waals surface area contributed by atoms with Crippen molar-refractivity contribution in [3.05, 3.63) is 35.5 Å². The Kier molecular flexibility index (Phi) is 4.17. The van der Waals surface area contributed by atoms with Gasteiger partial charge in [0.25, 0.3) is 0 Å². The van der Waals surface area contributed by atoms with Gasteiger partial charge in [0.1, 0.15) is 6.54 Å². The summed E-state index contributed by atoms with van der Waals surface area (Å²) in [5, 5.41) is 11.0. The van der Waals surface area contributed by atoms with Crippen molar-refractivity contribution < 1.29 is 9.90 Å². The van der Waals surface area contributed by atoms with E-state index in [4.69, 9.17) is 11.6 Å². The van der Waals surface area contributed by atoms with Gasteiger partial charge in [-0.1, -0.05) is 17.7 Å². The van der Waals surface area contributed by atoms with Crippen LogP contribution in [-0.2, 0) is 11.3 Å². The second-order valence-corrected chi connectivity index (χ2v) is 6.11. The number of aliphatic hydroxyl groups is 1. The van der Waals surface area contributed by atoms with E-state index in [1.54, 1.807) is 0 Å². The van der Waals surface area contributed by atoms with Gasteiger partial charge >= 0.3 is 0 Å². The van der Waals surface area contributed by atoms with Crippen molar-refractivity contribution >= 4 is 28.4 Å². The van der Waals surface area contributed by atoms with Crippen molar-refractivity contribution in [3.8, 4) is 0 Å². The number of nitrogens with zero attached hydrogens (tertiary/aromatic N) is 2. The van der Waals surface area contributed by atoms with Crippen LogP contribution in [0.4, 0.5) is 0 Å². The zero-order valence-corrected chi connectivity index (χ0v) is 12.6. The molecule has 1 atom stereocenters. The first-order chi connectivity index (χ1) is 10.2. The van der Waals surface area contributed by atoms with E-state index in [9.17, 15) is 9.90 Å². The van der Waals surface area contributed by atoms with Crippen molar-refractivity contribution in [3.63, 3.8) is 0 Å². The highest BCUT2D eigenvalue weighted by Crippen LogP contribution is 2.21. The predicted molar refractivity (Wildman–Crippen MR) is 83.3 cm³/mol. The quantitative estimate of drug-likeness (QED) is 0.947. The number of fused-ring (bicyclic) bond motifs is 1. The Morgan fingerprint density at radius 2 is 2.24 bits per heavy atom. The van der Waals surface area contributed by atoms with Gasteiger partial charge in [-0.15, -0.1) is 0 Å². The first kappa shape index (κ1) is 14.4. The second-order valence-electron chi connectivity index (χ2n) is 5.68. The smallest absolute Gasteiger partial charge is 0.242 e. The molecule has 2 aromatic rings. The van der Waals surface area contributed by atoms with Crippen LogP contribution in [0.15, 0.2) is 30.5 Å². The molecule has 1 saturated heterocycles. The van der Waals surface area contributed by atoms with Gasteiger partial charge in [-0.05, 0) is 42.3 Å². The van der Waals surface area contributed by atoms with E-state index >= 15 is 0 Å². The number of hydrogen-bond donors (Lipinski definition) is 1. The topological polar surface area (TPSA) is 45.5 Å². The number of hydrogen-bond acceptors (Lipinski definition) is 2. The lowest BCUT2D eigenvalue weighted by atomic mass is 9.99. The lowest BCUT2D eigenvalue weighted by molar-refractivity contribution is -0.133. The summed E-state index contributed by atoms with van der Waals surface area (Å²) < 4.78 is 1.94. The van der Waals surface area contributed by atoms with Gasteiger partial charge in [-0.25, -0.2) is 0 Å². The van der Waals surface area contributed by atoms with Gasteiger partial charge < -0.3 is 14.6 Å². The van der Waals surface area contributed by atoms with Crippen LogP contribution in [0.2, 0.25) is 5.02 Å². The molecule has 1 N–H and O–H groups in total. The highest BCUT2D eigenvalue weighted by Gasteiger charge is 2.23. The number of rotatable bonds is 3. The largest absolute Gasteiger partial charge is 0.396 e. The fraction of sp³-hybridized carbons (Fsp3) is 0.438. The number of amides is 1. The van der Waals surface area contributed by atoms with Gasteiger partial charge in [0.15, 0.2) is 0 Å². The summed E-state index contributed by atoms with van der Waals surface area (Å²) in [7, 11) is 0. The normalized spacial score (nSPS) is 19.1. The molecule has 1 aromatic carbocycles. The standard InChI is InChI=1S/C16H19ClN2O2/c17-14-4-3-13-5-7-18(15(13)8-14)10-16(21)19-6-1-2-12(9-19)11-20/h3-5,7-8,12,20H,1-2,6,9-11H2. The third-order valence-electron chi connectivity index (χ3n) is 4.17. The van der Waals surface area contributed by atoms with Crippen LogP contribution in [0.5, 0.6) is 0 Å². The maximum absolute atomic E-state index is 12.4. The fourth-order valence-electron chi connectivity index (χ4n) is 2.98. The van der Waals surface area contributed by atoms with Gasteiger partial charge in [-0.3, -0.25) is 4.79 Å². The highest BCUT2D eigenvalue weighted by atomic mass is 35.5. The molecule has 0 bridgehead atoms. The Bertz CT molecular complexity index is 653. The molecule has 0 saturated carbocycles. The van der Waals surface area contributed by atoms with Gasteiger partial charge in [0.05, 0.1) is 0 Å². The van der Waals surface area contributed by atoms with E-state index in [1.165, 1.54) is 0 Å². The Morgan fingerprint density at radius 3 is 3.05 bits per heavy atom. The van der Waals surface area contributed by atoms with Crippen LogP contribution in [0.3, 0.4) is 0 Å². The Hall–Kier alpha value is -1.52. The van der Waals surface area contributed by atoms with Crippen molar-refractivity contribution in [2.24, 2.45) is 5.92 Å². The average molecular weight is 307 g/mol. The predicted octanol–water partition coefficient (Wildman–Crippen LogP) is 2.53. The third kappa shape index (κ3) is 3.06. The summed E-state index contributed by atoms with van der Waals surface area (Å²) >= 11 is 6.03. The lowest BCUT2D eigenvalue weighted by Crippen LogP contribution is -2.42.